The zero-order chi connectivity index (χ0) is 12.9. The molecule has 1 aromatic rings. The average Bonchev–Trinajstić information content (AvgIpc) is 2.67. The van der Waals surface area contributed by atoms with Gasteiger partial charge in [-0.2, -0.15) is 0 Å². The predicted molar refractivity (Wildman–Crippen MR) is 76.6 cm³/mol. The van der Waals surface area contributed by atoms with E-state index in [2.05, 4.69) is 44.9 Å². The zero-order valence-electron chi connectivity index (χ0n) is 11.8. The van der Waals surface area contributed by atoms with Gasteiger partial charge in [-0.3, -0.25) is 4.98 Å². The van der Waals surface area contributed by atoms with E-state index in [1.807, 2.05) is 11.7 Å². The Kier molecular flexibility index (Phi) is 5.14. The van der Waals surface area contributed by atoms with Gasteiger partial charge < -0.3 is 5.32 Å². The first-order valence-electron chi connectivity index (χ1n) is 6.47. The Morgan fingerprint density at radius 3 is 2.47 bits per heavy atom. The molecule has 98 valence electrons. The minimum absolute atomic E-state index is 0.197. The van der Waals surface area contributed by atoms with E-state index in [0.717, 1.165) is 13.0 Å². The molecule has 1 atom stereocenters. The summed E-state index contributed by atoms with van der Waals surface area (Å²) in [4.78, 5) is 5.57. The van der Waals surface area contributed by atoms with Gasteiger partial charge in [-0.05, 0) is 39.0 Å². The Hall–Kier alpha value is -0.410. The molecule has 2 nitrogen and oxygen atoms in total. The van der Waals surface area contributed by atoms with Gasteiger partial charge in [0.1, 0.15) is 0 Å². The van der Waals surface area contributed by atoms with E-state index in [9.17, 15) is 0 Å². The lowest BCUT2D eigenvalue weighted by Gasteiger charge is -2.33. The molecule has 1 rings (SSSR count). The van der Waals surface area contributed by atoms with Crippen LogP contribution < -0.4 is 5.32 Å². The molecule has 0 saturated heterocycles. The van der Waals surface area contributed by atoms with Crippen molar-refractivity contribution in [2.45, 2.75) is 59.4 Å². The first-order valence-corrected chi connectivity index (χ1v) is 7.35. The van der Waals surface area contributed by atoms with E-state index in [1.54, 1.807) is 11.3 Å². The van der Waals surface area contributed by atoms with Crippen molar-refractivity contribution in [2.24, 2.45) is 5.41 Å². The smallest absolute Gasteiger partial charge is 0.0794 e. The molecule has 0 radical (unpaired) electrons. The van der Waals surface area contributed by atoms with E-state index in [-0.39, 0.29) is 5.54 Å². The normalized spacial score (nSPS) is 15.8. The van der Waals surface area contributed by atoms with Gasteiger partial charge in [0.2, 0.25) is 0 Å². The maximum atomic E-state index is 4.17. The molecule has 0 aliphatic rings. The molecule has 1 N–H and O–H groups in total. The van der Waals surface area contributed by atoms with Crippen LogP contribution in [0.5, 0.6) is 0 Å². The molecule has 1 aromatic heterocycles. The zero-order valence-corrected chi connectivity index (χ0v) is 12.7. The molecular weight excluding hydrogens is 228 g/mol. The lowest BCUT2D eigenvalue weighted by atomic mass is 9.81. The Morgan fingerprint density at radius 2 is 2.00 bits per heavy atom. The topological polar surface area (TPSA) is 24.9 Å². The largest absolute Gasteiger partial charge is 0.312 e. The van der Waals surface area contributed by atoms with E-state index in [4.69, 9.17) is 0 Å². The summed E-state index contributed by atoms with van der Waals surface area (Å²) in [6, 6.07) is 0. The second kappa shape index (κ2) is 5.96. The van der Waals surface area contributed by atoms with Crippen LogP contribution >= 0.6 is 11.3 Å². The third-order valence-electron chi connectivity index (χ3n) is 2.98. The molecular formula is C14H26N2S. The maximum Gasteiger partial charge on any atom is 0.0794 e. The molecule has 0 spiro atoms. The Morgan fingerprint density at radius 1 is 1.29 bits per heavy atom. The van der Waals surface area contributed by atoms with Gasteiger partial charge in [-0.15, -0.1) is 11.3 Å². The van der Waals surface area contributed by atoms with Crippen molar-refractivity contribution in [1.82, 2.24) is 10.3 Å². The second-order valence-electron chi connectivity index (χ2n) is 6.31. The highest BCUT2D eigenvalue weighted by Gasteiger charge is 2.26. The highest BCUT2D eigenvalue weighted by atomic mass is 32.1. The summed E-state index contributed by atoms with van der Waals surface area (Å²) >= 11 is 1.77. The number of rotatable bonds is 6. The number of nitrogens with one attached hydrogen (secondary N) is 1. The highest BCUT2D eigenvalue weighted by Crippen LogP contribution is 2.29. The summed E-state index contributed by atoms with van der Waals surface area (Å²) in [5.41, 5.74) is 2.47. The van der Waals surface area contributed by atoms with Crippen molar-refractivity contribution < 1.29 is 0 Å². The first-order chi connectivity index (χ1) is 7.85. The van der Waals surface area contributed by atoms with Gasteiger partial charge >= 0.3 is 0 Å². The van der Waals surface area contributed by atoms with Gasteiger partial charge in [-0.1, -0.05) is 20.3 Å². The summed E-state index contributed by atoms with van der Waals surface area (Å²) in [6.45, 7) is 12.4. The van der Waals surface area contributed by atoms with Crippen molar-refractivity contribution >= 4 is 11.3 Å². The van der Waals surface area contributed by atoms with E-state index in [1.165, 1.54) is 17.7 Å². The van der Waals surface area contributed by atoms with Crippen LogP contribution in [0.25, 0.3) is 0 Å². The van der Waals surface area contributed by atoms with Gasteiger partial charge in [-0.25, -0.2) is 0 Å². The fraction of sp³-hybridized carbons (Fsp3) is 0.786. The molecule has 1 unspecified atom stereocenters. The van der Waals surface area contributed by atoms with Crippen LogP contribution in [-0.2, 0) is 6.42 Å². The van der Waals surface area contributed by atoms with Gasteiger partial charge in [0.25, 0.3) is 0 Å². The number of hydrogen-bond acceptors (Lipinski definition) is 3. The monoisotopic (exact) mass is 254 g/mol. The lowest BCUT2D eigenvalue weighted by molar-refractivity contribution is 0.245. The summed E-state index contributed by atoms with van der Waals surface area (Å²) in [7, 11) is 0. The predicted octanol–water partition coefficient (Wildman–Crippen LogP) is 3.88. The summed E-state index contributed by atoms with van der Waals surface area (Å²) in [5.74, 6) is 0. The van der Waals surface area contributed by atoms with Crippen LogP contribution in [0.4, 0.5) is 0 Å². The Bertz CT molecular complexity index is 313. The molecule has 3 heteroatoms. The summed E-state index contributed by atoms with van der Waals surface area (Å²) in [6.07, 6.45) is 5.64. The molecule has 0 aliphatic carbocycles. The number of aromatic nitrogens is 1. The van der Waals surface area contributed by atoms with Crippen LogP contribution in [0, 0.1) is 5.41 Å². The van der Waals surface area contributed by atoms with Crippen LogP contribution in [0.3, 0.4) is 0 Å². The fourth-order valence-electron chi connectivity index (χ4n) is 2.07. The SMILES string of the molecule is CCCC(C)(CNC(C)(C)C)Cc1cncs1. The number of thiazole rings is 1. The first kappa shape index (κ1) is 14.7. The number of hydrogen-bond donors (Lipinski definition) is 1. The average molecular weight is 254 g/mol. The van der Waals surface area contributed by atoms with Crippen molar-refractivity contribution in [3.8, 4) is 0 Å². The van der Waals surface area contributed by atoms with Crippen LogP contribution in [0.15, 0.2) is 11.7 Å². The molecule has 17 heavy (non-hydrogen) atoms. The third kappa shape index (κ3) is 5.64. The van der Waals surface area contributed by atoms with Gasteiger partial charge in [0.15, 0.2) is 0 Å². The molecule has 0 aromatic carbocycles. The number of nitrogens with zero attached hydrogens (tertiary/aromatic N) is 1. The van der Waals surface area contributed by atoms with Gasteiger partial charge in [0, 0.05) is 23.2 Å². The van der Waals surface area contributed by atoms with E-state index in [0.29, 0.717) is 5.41 Å². The van der Waals surface area contributed by atoms with Crippen molar-refractivity contribution in [1.29, 1.82) is 0 Å². The van der Waals surface area contributed by atoms with E-state index < -0.39 is 0 Å². The van der Waals surface area contributed by atoms with Crippen LogP contribution in [0.2, 0.25) is 0 Å². The highest BCUT2D eigenvalue weighted by molar-refractivity contribution is 7.09. The Balaban J connectivity index is 2.61. The molecule has 0 fully saturated rings. The van der Waals surface area contributed by atoms with Gasteiger partial charge in [0.05, 0.1) is 5.51 Å². The Labute approximate surface area is 110 Å². The molecule has 0 amide bonds. The maximum absolute atomic E-state index is 4.17. The van der Waals surface area contributed by atoms with Crippen molar-refractivity contribution in [2.75, 3.05) is 6.54 Å². The summed E-state index contributed by atoms with van der Waals surface area (Å²) in [5, 5.41) is 3.64. The van der Waals surface area contributed by atoms with E-state index >= 15 is 0 Å². The van der Waals surface area contributed by atoms with Crippen LogP contribution in [-0.4, -0.2) is 17.1 Å². The standard InChI is InChI=1S/C14H26N2S/c1-6-7-14(5,10-16-13(2,3)4)8-12-9-15-11-17-12/h9,11,16H,6-8,10H2,1-5H3. The summed E-state index contributed by atoms with van der Waals surface area (Å²) < 4.78 is 0. The quantitative estimate of drug-likeness (QED) is 0.833. The van der Waals surface area contributed by atoms with Crippen LogP contribution in [0.1, 0.15) is 52.3 Å². The lowest BCUT2D eigenvalue weighted by Crippen LogP contribution is -2.43. The molecule has 1 heterocycles. The molecule has 0 bridgehead atoms. The minimum Gasteiger partial charge on any atom is -0.312 e. The fourth-order valence-corrected chi connectivity index (χ4v) is 2.88. The second-order valence-corrected chi connectivity index (χ2v) is 7.28. The van der Waals surface area contributed by atoms with Crippen molar-refractivity contribution in [3.05, 3.63) is 16.6 Å². The minimum atomic E-state index is 0.197. The van der Waals surface area contributed by atoms with Crippen molar-refractivity contribution in [3.63, 3.8) is 0 Å². The molecule has 0 saturated carbocycles. The third-order valence-corrected chi connectivity index (χ3v) is 3.76. The molecule has 0 aliphatic heterocycles.